The lowest BCUT2D eigenvalue weighted by Crippen LogP contribution is -2.48. The van der Waals surface area contributed by atoms with Crippen molar-refractivity contribution in [3.05, 3.63) is 40.7 Å². The van der Waals surface area contributed by atoms with Crippen molar-refractivity contribution in [3.63, 3.8) is 0 Å². The minimum Gasteiger partial charge on any atom is -0.368 e. The fourth-order valence-corrected chi connectivity index (χ4v) is 4.94. The van der Waals surface area contributed by atoms with Crippen molar-refractivity contribution < 1.29 is 8.42 Å². The second-order valence-electron chi connectivity index (χ2n) is 5.61. The first-order chi connectivity index (χ1) is 10.9. The van der Waals surface area contributed by atoms with E-state index in [0.29, 0.717) is 47.5 Å². The van der Waals surface area contributed by atoms with E-state index in [4.69, 9.17) is 11.6 Å². The fraction of sp³-hybridized carbons (Fsp3) is 0.400. The maximum absolute atomic E-state index is 12.8. The number of nitrogens with one attached hydrogen (secondary N) is 1. The zero-order chi connectivity index (χ0) is 16.6. The van der Waals surface area contributed by atoms with E-state index in [1.807, 2.05) is 24.3 Å². The number of benzene rings is 1. The van der Waals surface area contributed by atoms with Gasteiger partial charge in [0.05, 0.1) is 22.1 Å². The molecule has 124 valence electrons. The minimum absolute atomic E-state index is 0.295. The van der Waals surface area contributed by atoms with Crippen LogP contribution < -0.4 is 4.90 Å². The quantitative estimate of drug-likeness (QED) is 0.917. The predicted octanol–water partition coefficient (Wildman–Crippen LogP) is 2.19. The van der Waals surface area contributed by atoms with Crippen molar-refractivity contribution in [1.82, 2.24) is 14.5 Å². The van der Waals surface area contributed by atoms with Crippen molar-refractivity contribution in [2.45, 2.75) is 18.7 Å². The lowest BCUT2D eigenvalue weighted by atomic mass is 10.2. The SMILES string of the molecule is Cc1n[nH]c(C)c1S(=O)(=O)N1CCN(c2ccccc2Cl)CC1. The number of hydrogen-bond donors (Lipinski definition) is 1. The monoisotopic (exact) mass is 354 g/mol. The van der Waals surface area contributed by atoms with Gasteiger partial charge in [-0.3, -0.25) is 5.10 Å². The van der Waals surface area contributed by atoms with Crippen LogP contribution in [0.5, 0.6) is 0 Å². The highest BCUT2D eigenvalue weighted by Gasteiger charge is 2.32. The third kappa shape index (κ3) is 2.96. The minimum atomic E-state index is -3.52. The Balaban J connectivity index is 1.78. The molecule has 0 aliphatic carbocycles. The van der Waals surface area contributed by atoms with Gasteiger partial charge in [-0.25, -0.2) is 8.42 Å². The van der Waals surface area contributed by atoms with Gasteiger partial charge in [-0.15, -0.1) is 0 Å². The Bertz CT molecular complexity index is 791. The highest BCUT2D eigenvalue weighted by Crippen LogP contribution is 2.28. The van der Waals surface area contributed by atoms with E-state index in [2.05, 4.69) is 15.1 Å². The van der Waals surface area contributed by atoms with Gasteiger partial charge >= 0.3 is 0 Å². The molecule has 3 rings (SSSR count). The van der Waals surface area contributed by atoms with E-state index in [1.54, 1.807) is 13.8 Å². The first-order valence-electron chi connectivity index (χ1n) is 7.42. The number of aryl methyl sites for hydroxylation is 2. The van der Waals surface area contributed by atoms with Gasteiger partial charge in [0.1, 0.15) is 4.90 Å². The van der Waals surface area contributed by atoms with Crippen LogP contribution >= 0.6 is 11.6 Å². The molecule has 2 aromatic rings. The number of halogens is 1. The topological polar surface area (TPSA) is 69.3 Å². The zero-order valence-electron chi connectivity index (χ0n) is 13.1. The summed E-state index contributed by atoms with van der Waals surface area (Å²) in [6.45, 7) is 5.51. The summed E-state index contributed by atoms with van der Waals surface area (Å²) in [5, 5.41) is 7.42. The molecule has 1 aliphatic heterocycles. The molecule has 23 heavy (non-hydrogen) atoms. The predicted molar refractivity (Wildman–Crippen MR) is 90.5 cm³/mol. The molecule has 1 aromatic heterocycles. The number of sulfonamides is 1. The lowest BCUT2D eigenvalue weighted by molar-refractivity contribution is 0.384. The maximum Gasteiger partial charge on any atom is 0.246 e. The Morgan fingerprint density at radius 3 is 2.35 bits per heavy atom. The molecule has 0 spiro atoms. The smallest absolute Gasteiger partial charge is 0.246 e. The van der Waals surface area contributed by atoms with Gasteiger partial charge in [0.15, 0.2) is 0 Å². The van der Waals surface area contributed by atoms with Crippen LogP contribution in [-0.2, 0) is 10.0 Å². The number of piperazine rings is 1. The fourth-order valence-electron chi connectivity index (χ4n) is 2.93. The number of para-hydroxylation sites is 1. The first kappa shape index (κ1) is 16.3. The average Bonchev–Trinajstić information content (AvgIpc) is 2.87. The maximum atomic E-state index is 12.8. The summed E-state index contributed by atoms with van der Waals surface area (Å²) in [7, 11) is -3.52. The number of rotatable bonds is 3. The number of nitrogens with zero attached hydrogens (tertiary/aromatic N) is 3. The van der Waals surface area contributed by atoms with E-state index in [-0.39, 0.29) is 0 Å². The van der Waals surface area contributed by atoms with Crippen LogP contribution in [0.2, 0.25) is 5.02 Å². The summed E-state index contributed by atoms with van der Waals surface area (Å²) < 4.78 is 27.2. The van der Waals surface area contributed by atoms with Gasteiger partial charge in [-0.1, -0.05) is 23.7 Å². The summed E-state index contributed by atoms with van der Waals surface area (Å²) in [6.07, 6.45) is 0. The second-order valence-corrected chi connectivity index (χ2v) is 7.89. The molecule has 1 saturated heterocycles. The summed E-state index contributed by atoms with van der Waals surface area (Å²) in [6, 6.07) is 7.62. The van der Waals surface area contributed by atoms with Crippen molar-refractivity contribution >= 4 is 27.3 Å². The van der Waals surface area contributed by atoms with Crippen molar-refractivity contribution in [2.75, 3.05) is 31.1 Å². The largest absolute Gasteiger partial charge is 0.368 e. The Kier molecular flexibility index (Phi) is 4.35. The molecule has 1 fully saturated rings. The van der Waals surface area contributed by atoms with Gasteiger partial charge in [-0.05, 0) is 26.0 Å². The molecule has 6 nitrogen and oxygen atoms in total. The summed E-state index contributed by atoms with van der Waals surface area (Å²) in [5.41, 5.74) is 2.04. The Hall–Kier alpha value is -1.57. The molecule has 0 unspecified atom stereocenters. The molecule has 8 heteroatoms. The summed E-state index contributed by atoms with van der Waals surface area (Å²) in [5.74, 6) is 0. The highest BCUT2D eigenvalue weighted by atomic mass is 35.5. The molecule has 2 heterocycles. The molecule has 0 atom stereocenters. The van der Waals surface area contributed by atoms with E-state index in [9.17, 15) is 8.42 Å². The van der Waals surface area contributed by atoms with E-state index >= 15 is 0 Å². The van der Waals surface area contributed by atoms with E-state index in [1.165, 1.54) is 4.31 Å². The highest BCUT2D eigenvalue weighted by molar-refractivity contribution is 7.89. The normalized spacial score (nSPS) is 16.7. The second kappa shape index (κ2) is 6.14. The van der Waals surface area contributed by atoms with Gasteiger partial charge in [-0.2, -0.15) is 9.40 Å². The molecule has 0 bridgehead atoms. The molecule has 0 amide bonds. The van der Waals surface area contributed by atoms with Crippen LogP contribution in [0.25, 0.3) is 0 Å². The molecule has 0 saturated carbocycles. The number of hydrogen-bond acceptors (Lipinski definition) is 4. The third-order valence-corrected chi connectivity index (χ3v) is 6.57. The first-order valence-corrected chi connectivity index (χ1v) is 9.24. The van der Waals surface area contributed by atoms with Crippen LogP contribution in [-0.4, -0.2) is 49.1 Å². The van der Waals surface area contributed by atoms with Crippen LogP contribution in [0.3, 0.4) is 0 Å². The van der Waals surface area contributed by atoms with Crippen LogP contribution in [0.4, 0.5) is 5.69 Å². The van der Waals surface area contributed by atoms with E-state index < -0.39 is 10.0 Å². The van der Waals surface area contributed by atoms with Crippen molar-refractivity contribution in [3.8, 4) is 0 Å². The van der Waals surface area contributed by atoms with Gasteiger partial charge in [0, 0.05) is 26.2 Å². The van der Waals surface area contributed by atoms with Gasteiger partial charge in [0.25, 0.3) is 0 Å². The average molecular weight is 355 g/mol. The van der Waals surface area contributed by atoms with Gasteiger partial charge in [0.2, 0.25) is 10.0 Å². The third-order valence-electron chi connectivity index (χ3n) is 4.09. The molecule has 1 aromatic carbocycles. The molecule has 1 N–H and O–H groups in total. The van der Waals surface area contributed by atoms with Gasteiger partial charge < -0.3 is 4.90 Å². The number of aromatic nitrogens is 2. The van der Waals surface area contributed by atoms with Crippen LogP contribution in [0.15, 0.2) is 29.2 Å². The number of H-pyrrole nitrogens is 1. The molecular formula is C15H19ClN4O2S. The Labute approximate surface area is 141 Å². The van der Waals surface area contributed by atoms with E-state index in [0.717, 1.165) is 5.69 Å². The molecule has 1 aliphatic rings. The number of anilines is 1. The summed E-state index contributed by atoms with van der Waals surface area (Å²) in [4.78, 5) is 2.41. The van der Waals surface area contributed by atoms with Crippen molar-refractivity contribution in [2.24, 2.45) is 0 Å². The van der Waals surface area contributed by atoms with Crippen LogP contribution in [0.1, 0.15) is 11.4 Å². The zero-order valence-corrected chi connectivity index (χ0v) is 14.7. The lowest BCUT2D eigenvalue weighted by Gasteiger charge is -2.35. The molecule has 0 radical (unpaired) electrons. The Morgan fingerprint density at radius 1 is 1.13 bits per heavy atom. The Morgan fingerprint density at radius 2 is 1.78 bits per heavy atom. The van der Waals surface area contributed by atoms with Crippen molar-refractivity contribution in [1.29, 1.82) is 0 Å². The number of aromatic amines is 1. The summed E-state index contributed by atoms with van der Waals surface area (Å²) >= 11 is 6.22. The standard InChI is InChI=1S/C15H19ClN4O2S/c1-11-15(12(2)18-17-11)23(21,22)20-9-7-19(8-10-20)14-6-4-3-5-13(14)16/h3-6H,7-10H2,1-2H3,(H,17,18). The van der Waals surface area contributed by atoms with Crippen LogP contribution in [0, 0.1) is 13.8 Å². The molecular weight excluding hydrogens is 336 g/mol.